The summed E-state index contributed by atoms with van der Waals surface area (Å²) in [7, 11) is 1.73. The average Bonchev–Trinajstić information content (AvgIpc) is 2.94. The molecule has 94 valence electrons. The molecule has 0 atom stereocenters. The van der Waals surface area contributed by atoms with Gasteiger partial charge in [-0.2, -0.15) is 0 Å². The lowest BCUT2D eigenvalue weighted by atomic mass is 10.2. The number of carbonyl (C=O) groups excluding carboxylic acids is 1. The first-order valence-corrected chi connectivity index (χ1v) is 5.86. The van der Waals surface area contributed by atoms with Gasteiger partial charge in [0.15, 0.2) is 0 Å². The Morgan fingerprint density at radius 2 is 2.05 bits per heavy atom. The number of rotatable bonds is 2. The number of aromatic amines is 1. The first-order chi connectivity index (χ1) is 9.25. The Morgan fingerprint density at radius 1 is 1.26 bits per heavy atom. The van der Waals surface area contributed by atoms with Gasteiger partial charge in [-0.1, -0.05) is 0 Å². The van der Waals surface area contributed by atoms with Crippen molar-refractivity contribution >= 4 is 22.5 Å². The van der Waals surface area contributed by atoms with Crippen LogP contribution in [-0.4, -0.2) is 27.9 Å². The van der Waals surface area contributed by atoms with Crippen LogP contribution in [0, 0.1) is 0 Å². The number of anilines is 1. The Balaban J connectivity index is 1.94. The van der Waals surface area contributed by atoms with E-state index in [0.29, 0.717) is 5.56 Å². The van der Waals surface area contributed by atoms with E-state index in [1.54, 1.807) is 42.7 Å². The summed E-state index contributed by atoms with van der Waals surface area (Å²) in [5, 5.41) is 0.979. The molecule has 0 fully saturated rings. The summed E-state index contributed by atoms with van der Waals surface area (Å²) in [6.07, 6.45) is 8.58. The molecule has 3 aromatic rings. The van der Waals surface area contributed by atoms with Gasteiger partial charge in [0.05, 0.1) is 17.4 Å². The molecule has 0 bridgehead atoms. The molecule has 5 nitrogen and oxygen atoms in total. The van der Waals surface area contributed by atoms with Gasteiger partial charge in [0.1, 0.15) is 0 Å². The first-order valence-electron chi connectivity index (χ1n) is 5.86. The van der Waals surface area contributed by atoms with Crippen LogP contribution in [0.25, 0.3) is 10.9 Å². The Hall–Kier alpha value is -2.69. The van der Waals surface area contributed by atoms with E-state index >= 15 is 0 Å². The Kier molecular flexibility index (Phi) is 2.72. The molecule has 3 rings (SSSR count). The van der Waals surface area contributed by atoms with E-state index in [1.807, 2.05) is 18.5 Å². The molecule has 0 saturated carbocycles. The number of pyridine rings is 2. The highest BCUT2D eigenvalue weighted by molar-refractivity contribution is 6.06. The summed E-state index contributed by atoms with van der Waals surface area (Å²) in [5.74, 6) is -0.0842. The van der Waals surface area contributed by atoms with E-state index in [-0.39, 0.29) is 5.91 Å². The summed E-state index contributed by atoms with van der Waals surface area (Å²) in [6.45, 7) is 0. The lowest BCUT2D eigenvalue weighted by Gasteiger charge is -2.16. The fraction of sp³-hybridized carbons (Fsp3) is 0.0714. The number of amides is 1. The molecule has 3 aromatic heterocycles. The molecular weight excluding hydrogens is 240 g/mol. The van der Waals surface area contributed by atoms with Gasteiger partial charge in [0.25, 0.3) is 5.91 Å². The van der Waals surface area contributed by atoms with Crippen molar-refractivity contribution in [2.24, 2.45) is 0 Å². The normalized spacial score (nSPS) is 10.6. The van der Waals surface area contributed by atoms with E-state index in [4.69, 9.17) is 0 Å². The van der Waals surface area contributed by atoms with Gasteiger partial charge < -0.3 is 9.88 Å². The molecule has 0 spiro atoms. The Bertz CT molecular complexity index is 720. The molecule has 19 heavy (non-hydrogen) atoms. The maximum Gasteiger partial charge on any atom is 0.258 e. The zero-order valence-electron chi connectivity index (χ0n) is 10.4. The van der Waals surface area contributed by atoms with Crippen LogP contribution in [0.2, 0.25) is 0 Å². The van der Waals surface area contributed by atoms with Gasteiger partial charge in [-0.05, 0) is 18.2 Å². The minimum atomic E-state index is -0.0842. The number of H-pyrrole nitrogens is 1. The molecule has 0 saturated heterocycles. The van der Waals surface area contributed by atoms with Gasteiger partial charge in [-0.3, -0.25) is 14.8 Å². The zero-order chi connectivity index (χ0) is 13.2. The first kappa shape index (κ1) is 11.4. The van der Waals surface area contributed by atoms with Crippen LogP contribution in [0.15, 0.2) is 49.2 Å². The highest BCUT2D eigenvalue weighted by Crippen LogP contribution is 2.19. The second-order valence-corrected chi connectivity index (χ2v) is 4.22. The maximum absolute atomic E-state index is 12.3. The molecule has 0 aromatic carbocycles. The van der Waals surface area contributed by atoms with Crippen molar-refractivity contribution in [1.29, 1.82) is 0 Å². The maximum atomic E-state index is 12.3. The van der Waals surface area contributed by atoms with E-state index < -0.39 is 0 Å². The molecule has 0 aliphatic carbocycles. The Labute approximate surface area is 109 Å². The predicted octanol–water partition coefficient (Wildman–Crippen LogP) is 2.23. The molecule has 3 heterocycles. The quantitative estimate of drug-likeness (QED) is 0.760. The van der Waals surface area contributed by atoms with Crippen molar-refractivity contribution in [1.82, 2.24) is 15.0 Å². The number of hydrogen-bond donors (Lipinski definition) is 1. The lowest BCUT2D eigenvalue weighted by molar-refractivity contribution is 0.0993. The van der Waals surface area contributed by atoms with Crippen LogP contribution in [0.5, 0.6) is 0 Å². The Morgan fingerprint density at radius 3 is 2.84 bits per heavy atom. The van der Waals surface area contributed by atoms with Crippen LogP contribution >= 0.6 is 0 Å². The smallest absolute Gasteiger partial charge is 0.258 e. The predicted molar refractivity (Wildman–Crippen MR) is 73.1 cm³/mol. The van der Waals surface area contributed by atoms with E-state index in [2.05, 4.69) is 15.0 Å². The van der Waals surface area contributed by atoms with Crippen LogP contribution in [-0.2, 0) is 0 Å². The van der Waals surface area contributed by atoms with Crippen LogP contribution in [0.4, 0.5) is 5.69 Å². The third-order valence-electron chi connectivity index (χ3n) is 3.01. The number of aromatic nitrogens is 3. The summed E-state index contributed by atoms with van der Waals surface area (Å²) >= 11 is 0. The van der Waals surface area contributed by atoms with Crippen molar-refractivity contribution in [3.8, 4) is 0 Å². The number of nitrogens with one attached hydrogen (secondary N) is 1. The van der Waals surface area contributed by atoms with Gasteiger partial charge in [0, 0.05) is 42.8 Å². The van der Waals surface area contributed by atoms with Gasteiger partial charge in [-0.15, -0.1) is 0 Å². The largest absolute Gasteiger partial charge is 0.365 e. The third-order valence-corrected chi connectivity index (χ3v) is 3.01. The number of nitrogens with zero attached hydrogens (tertiary/aromatic N) is 3. The lowest BCUT2D eigenvalue weighted by Crippen LogP contribution is -2.26. The van der Waals surface area contributed by atoms with Crippen molar-refractivity contribution in [2.75, 3.05) is 11.9 Å². The minimum Gasteiger partial charge on any atom is -0.365 e. The van der Waals surface area contributed by atoms with E-state index in [0.717, 1.165) is 16.6 Å². The van der Waals surface area contributed by atoms with Crippen LogP contribution in [0.1, 0.15) is 10.4 Å². The van der Waals surface area contributed by atoms with Crippen molar-refractivity contribution < 1.29 is 4.79 Å². The second-order valence-electron chi connectivity index (χ2n) is 4.22. The zero-order valence-corrected chi connectivity index (χ0v) is 10.4. The van der Waals surface area contributed by atoms with Gasteiger partial charge in [0.2, 0.25) is 0 Å². The summed E-state index contributed by atoms with van der Waals surface area (Å²) in [5.41, 5.74) is 2.24. The SMILES string of the molecule is CN(C(=O)c1ccncc1)c1cnc2c[nH]cc2c1. The number of fused-ring (bicyclic) bond motifs is 1. The molecular formula is C14H12N4O. The molecule has 1 N–H and O–H groups in total. The second kappa shape index (κ2) is 4.53. The highest BCUT2D eigenvalue weighted by Gasteiger charge is 2.13. The van der Waals surface area contributed by atoms with Gasteiger partial charge >= 0.3 is 0 Å². The fourth-order valence-electron chi connectivity index (χ4n) is 1.92. The van der Waals surface area contributed by atoms with Crippen LogP contribution in [0.3, 0.4) is 0 Å². The molecule has 0 unspecified atom stereocenters. The van der Waals surface area contributed by atoms with Gasteiger partial charge in [-0.25, -0.2) is 0 Å². The van der Waals surface area contributed by atoms with Crippen molar-refractivity contribution in [3.63, 3.8) is 0 Å². The molecule has 0 aliphatic rings. The third kappa shape index (κ3) is 2.06. The summed E-state index contributed by atoms with van der Waals surface area (Å²) in [4.78, 5) is 25.1. The topological polar surface area (TPSA) is 61.9 Å². The minimum absolute atomic E-state index is 0.0842. The number of hydrogen-bond acceptors (Lipinski definition) is 3. The number of carbonyl (C=O) groups is 1. The van der Waals surface area contributed by atoms with E-state index in [1.165, 1.54) is 0 Å². The summed E-state index contributed by atoms with van der Waals surface area (Å²) in [6, 6.07) is 5.32. The molecule has 5 heteroatoms. The highest BCUT2D eigenvalue weighted by atomic mass is 16.2. The van der Waals surface area contributed by atoms with E-state index in [9.17, 15) is 4.79 Å². The molecule has 1 amide bonds. The monoisotopic (exact) mass is 252 g/mol. The van der Waals surface area contributed by atoms with Crippen molar-refractivity contribution in [2.45, 2.75) is 0 Å². The van der Waals surface area contributed by atoms with Crippen molar-refractivity contribution in [3.05, 3.63) is 54.7 Å². The van der Waals surface area contributed by atoms with Crippen LogP contribution < -0.4 is 4.90 Å². The average molecular weight is 252 g/mol. The summed E-state index contributed by atoms with van der Waals surface area (Å²) < 4.78 is 0. The molecule has 0 aliphatic heterocycles. The molecule has 0 radical (unpaired) electrons. The fourth-order valence-corrected chi connectivity index (χ4v) is 1.92. The standard InChI is InChI=1S/C14H12N4O/c1-18(14(19)10-2-4-15-5-3-10)12-6-11-7-16-9-13(11)17-8-12/h2-9,16H,1H3.